The second kappa shape index (κ2) is 15.4. The highest BCUT2D eigenvalue weighted by molar-refractivity contribution is 6.17. The van der Waals surface area contributed by atoms with Gasteiger partial charge >= 0.3 is 0 Å². The van der Waals surface area contributed by atoms with Crippen LogP contribution in [0.4, 0.5) is 0 Å². The zero-order valence-electron chi connectivity index (χ0n) is 36.4. The van der Waals surface area contributed by atoms with Crippen LogP contribution in [0.2, 0.25) is 0 Å². The van der Waals surface area contributed by atoms with Gasteiger partial charge in [0, 0.05) is 74.6 Å². The second-order valence-electron chi connectivity index (χ2n) is 16.8. The first-order valence-corrected chi connectivity index (χ1v) is 22.5. The van der Waals surface area contributed by atoms with E-state index in [1.54, 1.807) is 24.9 Å². The number of hydrogen-bond donors (Lipinski definition) is 1. The standard InChI is InChI=1S/C56H33N13/c1-4-14-35-32(11-1)24-26-58-49(35)47-45(37-16-10-28-69-27-8-7-19-44(37)69)48(56-59-30-43-55(67-56)61-31-60-43)53-52(46(47)41-21-20-33-12-3-6-17-38(33)63-41)66-54(50-36-15-5-2-13-34(36)29-62-68-50)51(65-53)42-23-22-39-40(64-42)18-9-25-57-39/h1-27,29-31H,28H2,(H,59,60,61,67). The number of fused-ring (bicyclic) bond motifs is 7. The summed E-state index contributed by atoms with van der Waals surface area (Å²) in [6.07, 6.45) is 21.5. The van der Waals surface area contributed by atoms with Crippen molar-refractivity contribution in [1.82, 2.24) is 64.9 Å². The number of H-pyrrole nitrogens is 1. The van der Waals surface area contributed by atoms with E-state index >= 15 is 0 Å². The summed E-state index contributed by atoms with van der Waals surface area (Å²) in [7, 11) is 0. The number of aromatic amines is 1. The number of nitrogens with zero attached hydrogens (tertiary/aromatic N) is 12. The average molecular weight is 888 g/mol. The molecule has 14 rings (SSSR count). The van der Waals surface area contributed by atoms with E-state index in [0.29, 0.717) is 74.1 Å². The lowest BCUT2D eigenvalue weighted by Crippen LogP contribution is -2.21. The number of rotatable bonds is 6. The Kier molecular flexibility index (Phi) is 8.61. The van der Waals surface area contributed by atoms with E-state index < -0.39 is 0 Å². The number of para-hydroxylation sites is 1. The molecule has 10 heterocycles. The molecule has 2 aliphatic rings. The van der Waals surface area contributed by atoms with Crippen molar-refractivity contribution in [2.45, 2.75) is 0 Å². The molecule has 69 heavy (non-hydrogen) atoms. The molecule has 2 aliphatic heterocycles. The van der Waals surface area contributed by atoms with Crippen LogP contribution >= 0.6 is 0 Å². The molecule has 13 heteroatoms. The van der Waals surface area contributed by atoms with Gasteiger partial charge in [-0.05, 0) is 60.0 Å². The molecule has 4 aromatic carbocycles. The summed E-state index contributed by atoms with van der Waals surface area (Å²) in [6.45, 7) is 0.682. The second-order valence-corrected chi connectivity index (χ2v) is 16.8. The molecule has 0 radical (unpaired) electrons. The van der Waals surface area contributed by atoms with Gasteiger partial charge in [-0.2, -0.15) is 5.10 Å². The molecule has 0 saturated carbocycles. The maximum atomic E-state index is 5.85. The molecule has 0 unspecified atom stereocenters. The van der Waals surface area contributed by atoms with Crippen LogP contribution < -0.4 is 0 Å². The van der Waals surface area contributed by atoms with E-state index in [4.69, 9.17) is 40.0 Å². The summed E-state index contributed by atoms with van der Waals surface area (Å²) in [5, 5.41) is 14.1. The fraction of sp³-hybridized carbons (Fsp3) is 0.0179. The number of pyridine rings is 4. The highest BCUT2D eigenvalue weighted by Gasteiger charge is 2.34. The van der Waals surface area contributed by atoms with Crippen molar-refractivity contribution in [2.75, 3.05) is 6.54 Å². The minimum absolute atomic E-state index is 0.400. The highest BCUT2D eigenvalue weighted by Crippen LogP contribution is 2.51. The number of imidazole rings is 1. The first-order chi connectivity index (χ1) is 34.2. The predicted octanol–water partition coefficient (Wildman–Crippen LogP) is 11.3. The van der Waals surface area contributed by atoms with Gasteiger partial charge in [-0.1, -0.05) is 91.0 Å². The third-order valence-corrected chi connectivity index (χ3v) is 12.8. The van der Waals surface area contributed by atoms with Crippen LogP contribution in [0.5, 0.6) is 0 Å². The predicted molar refractivity (Wildman–Crippen MR) is 270 cm³/mol. The highest BCUT2D eigenvalue weighted by atomic mass is 15.1. The van der Waals surface area contributed by atoms with Gasteiger partial charge < -0.3 is 9.88 Å². The monoisotopic (exact) mass is 887 g/mol. The lowest BCUT2D eigenvalue weighted by Gasteiger charge is -2.30. The number of nitrogens with one attached hydrogen (secondary N) is 1. The smallest absolute Gasteiger partial charge is 0.181 e. The number of benzene rings is 4. The Morgan fingerprint density at radius 2 is 1.29 bits per heavy atom. The minimum Gasteiger partial charge on any atom is -0.344 e. The third kappa shape index (κ3) is 6.21. The summed E-state index contributed by atoms with van der Waals surface area (Å²) in [4.78, 5) is 52.7. The summed E-state index contributed by atoms with van der Waals surface area (Å²) in [6, 6.07) is 38.4. The van der Waals surface area contributed by atoms with Crippen molar-refractivity contribution >= 4 is 71.3 Å². The zero-order chi connectivity index (χ0) is 45.4. The fourth-order valence-corrected chi connectivity index (χ4v) is 9.72. The van der Waals surface area contributed by atoms with Crippen molar-refractivity contribution in [3.8, 4) is 56.7 Å². The van der Waals surface area contributed by atoms with Gasteiger partial charge in [0.05, 0.1) is 57.9 Å². The van der Waals surface area contributed by atoms with E-state index in [0.717, 1.165) is 71.6 Å². The van der Waals surface area contributed by atoms with E-state index in [2.05, 4.69) is 91.9 Å². The molecule has 0 aliphatic carbocycles. The topological polar surface area (TPSA) is 161 Å². The lowest BCUT2D eigenvalue weighted by molar-refractivity contribution is 0.527. The third-order valence-electron chi connectivity index (χ3n) is 12.8. The van der Waals surface area contributed by atoms with E-state index in [1.807, 2.05) is 91.1 Å². The Morgan fingerprint density at radius 3 is 2.23 bits per heavy atom. The molecule has 0 atom stereocenters. The number of aromatic nitrogens is 12. The quantitative estimate of drug-likeness (QED) is 0.168. The van der Waals surface area contributed by atoms with Crippen LogP contribution in [-0.4, -0.2) is 71.5 Å². The Bertz CT molecular complexity index is 4250. The molecular formula is C56H33N13. The van der Waals surface area contributed by atoms with E-state index in [1.165, 1.54) is 0 Å². The molecule has 0 bridgehead atoms. The molecule has 0 fully saturated rings. The largest absolute Gasteiger partial charge is 0.344 e. The van der Waals surface area contributed by atoms with Crippen molar-refractivity contribution in [1.29, 1.82) is 0 Å². The van der Waals surface area contributed by atoms with Crippen LogP contribution in [0.15, 0.2) is 189 Å². The van der Waals surface area contributed by atoms with Crippen LogP contribution in [-0.2, 0) is 0 Å². The molecule has 1 N–H and O–H groups in total. The average Bonchev–Trinajstić information content (AvgIpc) is 3.90. The number of allylic oxidation sites excluding steroid dienone is 5. The van der Waals surface area contributed by atoms with Crippen LogP contribution in [0, 0.1) is 0 Å². The van der Waals surface area contributed by atoms with Gasteiger partial charge in [0.2, 0.25) is 0 Å². The molecule has 0 amide bonds. The Morgan fingerprint density at radius 1 is 0.493 bits per heavy atom. The lowest BCUT2D eigenvalue weighted by atomic mass is 9.82. The zero-order valence-corrected chi connectivity index (χ0v) is 36.4. The van der Waals surface area contributed by atoms with E-state index in [9.17, 15) is 0 Å². The molecule has 322 valence electrons. The Hall–Kier alpha value is -9.75. The first-order valence-electron chi connectivity index (χ1n) is 22.5. The van der Waals surface area contributed by atoms with Gasteiger partial charge in [-0.25, -0.2) is 34.9 Å². The van der Waals surface area contributed by atoms with Gasteiger partial charge in [0.25, 0.3) is 0 Å². The first kappa shape index (κ1) is 38.5. The molecular weight excluding hydrogens is 855 g/mol. The fourth-order valence-electron chi connectivity index (χ4n) is 9.72. The molecule has 0 saturated heterocycles. The summed E-state index contributed by atoms with van der Waals surface area (Å²) in [5.41, 5.74) is 12.8. The van der Waals surface area contributed by atoms with Crippen molar-refractivity contribution < 1.29 is 0 Å². The van der Waals surface area contributed by atoms with Crippen molar-refractivity contribution in [3.05, 3.63) is 194 Å². The van der Waals surface area contributed by atoms with Gasteiger partial charge in [0.1, 0.15) is 33.6 Å². The van der Waals surface area contributed by atoms with Gasteiger partial charge in [-0.15, -0.1) is 5.10 Å². The van der Waals surface area contributed by atoms with Crippen molar-refractivity contribution in [3.63, 3.8) is 0 Å². The maximum Gasteiger partial charge on any atom is 0.181 e. The summed E-state index contributed by atoms with van der Waals surface area (Å²) >= 11 is 0. The number of hydrogen-bond acceptors (Lipinski definition) is 12. The van der Waals surface area contributed by atoms with Gasteiger partial charge in [0.15, 0.2) is 11.5 Å². The molecule has 13 nitrogen and oxygen atoms in total. The SMILES string of the molecule is C1=CC2=C(c3c(-c4nccc5ccccc45)c(-c4ccc5ccccc5n4)c4nc(-c5nncc6ccccc56)c(-c5ccc6ncccc6n5)nc4c3-c3ncc4[nH]cnc4n3)C=CCN2C=C1. The van der Waals surface area contributed by atoms with Crippen LogP contribution in [0.3, 0.4) is 0 Å². The summed E-state index contributed by atoms with van der Waals surface area (Å²) < 4.78 is 0. The molecule has 0 spiro atoms. The normalized spacial score (nSPS) is 13.5. The van der Waals surface area contributed by atoms with Crippen LogP contribution in [0.1, 0.15) is 5.56 Å². The van der Waals surface area contributed by atoms with E-state index in [-0.39, 0.29) is 0 Å². The van der Waals surface area contributed by atoms with Crippen LogP contribution in [0.25, 0.3) is 128 Å². The molecule has 12 aromatic rings. The Balaban J connectivity index is 1.26. The van der Waals surface area contributed by atoms with Crippen molar-refractivity contribution in [2.24, 2.45) is 0 Å². The minimum atomic E-state index is 0.400. The Labute approximate surface area is 392 Å². The maximum absolute atomic E-state index is 5.85. The summed E-state index contributed by atoms with van der Waals surface area (Å²) in [5.74, 6) is 0.400. The van der Waals surface area contributed by atoms with Gasteiger partial charge in [-0.3, -0.25) is 9.97 Å². The molecule has 8 aromatic heterocycles.